The Hall–Kier alpha value is -2.89. The Morgan fingerprint density at radius 1 is 1.28 bits per heavy atom. The van der Waals surface area contributed by atoms with Crippen LogP contribution in [0.15, 0.2) is 34.9 Å². The minimum absolute atomic E-state index is 0.119. The number of carbonyl (C=O) groups is 1. The largest absolute Gasteiger partial charge is 0.508 e. The molecule has 1 N–H and O–H groups in total. The minimum Gasteiger partial charge on any atom is -0.508 e. The molecule has 0 aliphatic rings. The fourth-order valence-corrected chi connectivity index (χ4v) is 2.93. The highest BCUT2D eigenvalue weighted by Crippen LogP contribution is 2.25. The molecule has 1 amide bonds. The van der Waals surface area contributed by atoms with E-state index in [1.165, 1.54) is 0 Å². The molecule has 2 aromatic heterocycles. The van der Waals surface area contributed by atoms with Gasteiger partial charge in [0.25, 0.3) is 11.6 Å². The van der Waals surface area contributed by atoms with Crippen LogP contribution < -0.4 is 0 Å². The monoisotopic (exact) mass is 339 g/mol. The minimum atomic E-state index is -0.119. The predicted molar refractivity (Wildman–Crippen MR) is 94.4 cm³/mol. The van der Waals surface area contributed by atoms with Gasteiger partial charge < -0.3 is 14.5 Å². The summed E-state index contributed by atoms with van der Waals surface area (Å²) in [4.78, 5) is 19.2. The van der Waals surface area contributed by atoms with E-state index in [0.717, 1.165) is 6.42 Å². The van der Waals surface area contributed by atoms with Crippen LogP contribution >= 0.6 is 0 Å². The van der Waals surface area contributed by atoms with Crippen LogP contribution in [0.2, 0.25) is 0 Å². The number of hydrogen-bond acceptors (Lipinski definition) is 5. The van der Waals surface area contributed by atoms with Gasteiger partial charge in [0.05, 0.1) is 16.6 Å². The average Bonchev–Trinajstić information content (AvgIpc) is 2.96. The maximum atomic E-state index is 13.2. The predicted octanol–water partition coefficient (Wildman–Crippen LogP) is 3.60. The first-order chi connectivity index (χ1) is 12.0. The van der Waals surface area contributed by atoms with Crippen LogP contribution in [0.4, 0.5) is 0 Å². The lowest BCUT2D eigenvalue weighted by Crippen LogP contribution is -2.31. The van der Waals surface area contributed by atoms with Crippen molar-refractivity contribution in [3.05, 3.63) is 52.8 Å². The van der Waals surface area contributed by atoms with E-state index in [2.05, 4.69) is 10.1 Å². The van der Waals surface area contributed by atoms with E-state index >= 15 is 0 Å². The van der Waals surface area contributed by atoms with Crippen LogP contribution in [0, 0.1) is 13.8 Å². The van der Waals surface area contributed by atoms with E-state index in [0.29, 0.717) is 46.7 Å². The molecule has 3 rings (SSSR count). The van der Waals surface area contributed by atoms with E-state index in [1.807, 2.05) is 26.0 Å². The van der Waals surface area contributed by atoms with Crippen molar-refractivity contribution in [2.24, 2.45) is 0 Å². The smallest absolute Gasteiger partial charge is 0.258 e. The van der Waals surface area contributed by atoms with Gasteiger partial charge in [0, 0.05) is 24.3 Å². The molecule has 0 aliphatic heterocycles. The molecule has 0 fully saturated rings. The van der Waals surface area contributed by atoms with Gasteiger partial charge in [-0.15, -0.1) is 0 Å². The molecule has 0 saturated heterocycles. The van der Waals surface area contributed by atoms with Crippen molar-refractivity contribution in [3.63, 3.8) is 0 Å². The molecule has 3 aromatic rings. The number of amides is 1. The number of rotatable bonds is 5. The molecule has 1 aromatic carbocycles. The lowest BCUT2D eigenvalue weighted by molar-refractivity contribution is 0.0744. The number of aryl methyl sites for hydroxylation is 2. The highest BCUT2D eigenvalue weighted by molar-refractivity contribution is 6.06. The first-order valence-corrected chi connectivity index (χ1v) is 8.31. The summed E-state index contributed by atoms with van der Waals surface area (Å²) in [6, 6.07) is 8.83. The van der Waals surface area contributed by atoms with Crippen molar-refractivity contribution < 1.29 is 14.4 Å². The summed E-state index contributed by atoms with van der Waals surface area (Å²) in [6.07, 6.45) is 0.815. The Balaban J connectivity index is 2.01. The van der Waals surface area contributed by atoms with Crippen molar-refractivity contribution in [1.29, 1.82) is 0 Å². The summed E-state index contributed by atoms with van der Waals surface area (Å²) in [7, 11) is 0. The second-order valence-electron chi connectivity index (χ2n) is 6.11. The number of hydrogen-bond donors (Lipinski definition) is 1. The van der Waals surface area contributed by atoms with Gasteiger partial charge >= 0.3 is 0 Å². The van der Waals surface area contributed by atoms with E-state index in [9.17, 15) is 9.90 Å². The molecule has 0 bridgehead atoms. The number of aromatic hydroxyl groups is 1. The van der Waals surface area contributed by atoms with E-state index in [-0.39, 0.29) is 11.7 Å². The van der Waals surface area contributed by atoms with Gasteiger partial charge in [0.15, 0.2) is 0 Å². The van der Waals surface area contributed by atoms with Crippen molar-refractivity contribution in [3.8, 4) is 5.75 Å². The summed E-state index contributed by atoms with van der Waals surface area (Å²) in [6.45, 7) is 6.56. The van der Waals surface area contributed by atoms with Crippen molar-refractivity contribution >= 4 is 17.0 Å². The Kier molecular flexibility index (Phi) is 4.70. The first-order valence-electron chi connectivity index (χ1n) is 8.31. The second-order valence-corrected chi connectivity index (χ2v) is 6.11. The Morgan fingerprint density at radius 3 is 2.76 bits per heavy atom. The summed E-state index contributed by atoms with van der Waals surface area (Å²) in [5.74, 6) is 0.0699. The third-order valence-corrected chi connectivity index (χ3v) is 4.11. The highest BCUT2D eigenvalue weighted by Gasteiger charge is 2.23. The Bertz CT molecular complexity index is 917. The summed E-state index contributed by atoms with van der Waals surface area (Å²) in [5, 5.41) is 14.6. The number of benzene rings is 1. The molecule has 130 valence electrons. The third kappa shape index (κ3) is 3.33. The van der Waals surface area contributed by atoms with Crippen LogP contribution in [-0.2, 0) is 6.54 Å². The van der Waals surface area contributed by atoms with E-state index < -0.39 is 0 Å². The molecular formula is C19H21N3O3. The molecule has 2 heterocycles. The SMILES string of the molecule is CCCN(Cc1ccccc1O)C(=O)c1cc(C)nc2onc(C)c12. The molecule has 0 radical (unpaired) electrons. The average molecular weight is 339 g/mol. The summed E-state index contributed by atoms with van der Waals surface area (Å²) < 4.78 is 5.23. The normalized spacial score (nSPS) is 11.0. The number of pyridine rings is 1. The summed E-state index contributed by atoms with van der Waals surface area (Å²) >= 11 is 0. The molecule has 0 saturated carbocycles. The standard InChI is InChI=1S/C19H21N3O3/c1-4-9-22(11-14-7-5-6-8-16(14)23)19(24)15-10-12(2)20-18-17(15)13(3)21-25-18/h5-8,10,23H,4,9,11H2,1-3H3. The first kappa shape index (κ1) is 17.0. The van der Waals surface area contributed by atoms with Crippen molar-refractivity contribution in [2.75, 3.05) is 6.54 Å². The van der Waals surface area contributed by atoms with Gasteiger partial charge in [-0.25, -0.2) is 4.98 Å². The quantitative estimate of drug-likeness (QED) is 0.768. The second kappa shape index (κ2) is 6.93. The number of carbonyl (C=O) groups excluding carboxylic acids is 1. The lowest BCUT2D eigenvalue weighted by Gasteiger charge is -2.23. The number of phenolic OH excluding ortho intramolecular Hbond substituents is 1. The molecule has 0 unspecified atom stereocenters. The van der Waals surface area contributed by atoms with Gasteiger partial charge in [-0.05, 0) is 32.4 Å². The highest BCUT2D eigenvalue weighted by atomic mass is 16.5. The van der Waals surface area contributed by atoms with Crippen LogP contribution in [0.3, 0.4) is 0 Å². The van der Waals surface area contributed by atoms with Crippen LogP contribution in [0.1, 0.15) is 40.7 Å². The zero-order valence-electron chi connectivity index (χ0n) is 14.6. The molecular weight excluding hydrogens is 318 g/mol. The number of fused-ring (bicyclic) bond motifs is 1. The number of nitrogens with zero attached hydrogens (tertiary/aromatic N) is 3. The number of phenols is 1. The lowest BCUT2D eigenvalue weighted by atomic mass is 10.1. The van der Waals surface area contributed by atoms with Crippen LogP contribution in [-0.4, -0.2) is 32.6 Å². The van der Waals surface area contributed by atoms with E-state index in [4.69, 9.17) is 4.52 Å². The molecule has 0 aliphatic carbocycles. The molecule has 0 spiro atoms. The summed E-state index contributed by atoms with van der Waals surface area (Å²) in [5.41, 5.74) is 2.97. The zero-order valence-corrected chi connectivity index (χ0v) is 14.6. The fourth-order valence-electron chi connectivity index (χ4n) is 2.93. The molecule has 25 heavy (non-hydrogen) atoms. The van der Waals surface area contributed by atoms with Gasteiger partial charge in [0.1, 0.15) is 5.75 Å². The van der Waals surface area contributed by atoms with Crippen molar-refractivity contribution in [1.82, 2.24) is 15.0 Å². The van der Waals surface area contributed by atoms with E-state index in [1.54, 1.807) is 30.0 Å². The van der Waals surface area contributed by atoms with Gasteiger partial charge in [-0.3, -0.25) is 4.79 Å². The zero-order chi connectivity index (χ0) is 18.0. The van der Waals surface area contributed by atoms with Gasteiger partial charge in [0.2, 0.25) is 0 Å². The van der Waals surface area contributed by atoms with Crippen LogP contribution in [0.5, 0.6) is 5.75 Å². The van der Waals surface area contributed by atoms with Crippen molar-refractivity contribution in [2.45, 2.75) is 33.7 Å². The molecule has 6 nitrogen and oxygen atoms in total. The third-order valence-electron chi connectivity index (χ3n) is 4.11. The number of para-hydroxylation sites is 1. The topological polar surface area (TPSA) is 79.5 Å². The maximum Gasteiger partial charge on any atom is 0.258 e. The van der Waals surface area contributed by atoms with Gasteiger partial charge in [-0.1, -0.05) is 30.3 Å². The Morgan fingerprint density at radius 2 is 2.04 bits per heavy atom. The number of aromatic nitrogens is 2. The van der Waals surface area contributed by atoms with Crippen LogP contribution in [0.25, 0.3) is 11.1 Å². The molecule has 0 atom stereocenters. The molecule has 6 heteroatoms. The Labute approximate surface area is 146 Å². The maximum absolute atomic E-state index is 13.2. The fraction of sp³-hybridized carbons (Fsp3) is 0.316. The van der Waals surface area contributed by atoms with Gasteiger partial charge in [-0.2, -0.15) is 0 Å².